The van der Waals surface area contributed by atoms with Crippen LogP contribution in [-0.4, -0.2) is 23.6 Å². The van der Waals surface area contributed by atoms with E-state index in [0.29, 0.717) is 12.5 Å². The maximum Gasteiger partial charge on any atom is 0.410 e. The van der Waals surface area contributed by atoms with Crippen LogP contribution in [0.4, 0.5) is 4.79 Å². The molecule has 1 saturated heterocycles. The van der Waals surface area contributed by atoms with Crippen molar-refractivity contribution < 1.29 is 9.53 Å². The first-order valence-corrected chi connectivity index (χ1v) is 7.14. The highest BCUT2D eigenvalue weighted by atomic mass is 16.6. The highest BCUT2D eigenvalue weighted by molar-refractivity contribution is 5.68. The Labute approximate surface area is 115 Å². The lowest BCUT2D eigenvalue weighted by atomic mass is 10.0. The third-order valence-corrected chi connectivity index (χ3v) is 3.81. The van der Waals surface area contributed by atoms with Crippen LogP contribution in [0.15, 0.2) is 30.3 Å². The minimum absolute atomic E-state index is 0.176. The molecule has 0 N–H and O–H groups in total. The third-order valence-electron chi connectivity index (χ3n) is 3.81. The smallest absolute Gasteiger partial charge is 0.410 e. The van der Waals surface area contributed by atoms with E-state index in [2.05, 4.69) is 13.8 Å². The van der Waals surface area contributed by atoms with E-state index < -0.39 is 0 Å². The highest BCUT2D eigenvalue weighted by Crippen LogP contribution is 2.22. The monoisotopic (exact) mass is 261 g/mol. The Bertz CT molecular complexity index is 404. The maximum atomic E-state index is 12.1. The van der Waals surface area contributed by atoms with Crippen molar-refractivity contribution in [2.45, 2.75) is 45.8 Å². The molecule has 1 fully saturated rings. The standard InChI is InChI=1S/C16H23NO2/c1-13-7-6-10-17(14(2)11-13)16(18)19-12-15-8-4-3-5-9-15/h3-5,8-9,13-14H,6-7,10-12H2,1-2H3. The van der Waals surface area contributed by atoms with Crippen LogP contribution in [0.2, 0.25) is 0 Å². The summed E-state index contributed by atoms with van der Waals surface area (Å²) in [4.78, 5) is 14.0. The fourth-order valence-corrected chi connectivity index (χ4v) is 2.73. The number of likely N-dealkylation sites (tertiary alicyclic amines) is 1. The molecule has 0 saturated carbocycles. The largest absolute Gasteiger partial charge is 0.445 e. The second kappa shape index (κ2) is 6.60. The minimum atomic E-state index is -0.176. The number of carbonyl (C=O) groups excluding carboxylic acids is 1. The van der Waals surface area contributed by atoms with Gasteiger partial charge in [-0.15, -0.1) is 0 Å². The summed E-state index contributed by atoms with van der Waals surface area (Å²) in [6.07, 6.45) is 3.17. The van der Waals surface area contributed by atoms with E-state index in [0.717, 1.165) is 24.9 Å². The van der Waals surface area contributed by atoms with Crippen molar-refractivity contribution in [1.82, 2.24) is 4.90 Å². The van der Waals surface area contributed by atoms with E-state index in [-0.39, 0.29) is 12.1 Å². The van der Waals surface area contributed by atoms with Gasteiger partial charge in [-0.25, -0.2) is 4.79 Å². The molecule has 0 aromatic heterocycles. The zero-order valence-corrected chi connectivity index (χ0v) is 11.8. The van der Waals surface area contributed by atoms with Gasteiger partial charge in [-0.1, -0.05) is 37.3 Å². The van der Waals surface area contributed by atoms with Crippen molar-refractivity contribution in [3.63, 3.8) is 0 Å². The van der Waals surface area contributed by atoms with Gasteiger partial charge in [0.15, 0.2) is 0 Å². The summed E-state index contributed by atoms with van der Waals surface area (Å²) in [5.41, 5.74) is 1.03. The van der Waals surface area contributed by atoms with E-state index >= 15 is 0 Å². The van der Waals surface area contributed by atoms with Crippen molar-refractivity contribution in [2.75, 3.05) is 6.54 Å². The predicted octanol–water partition coefficient (Wildman–Crippen LogP) is 3.83. The van der Waals surface area contributed by atoms with Crippen LogP contribution in [0, 0.1) is 5.92 Å². The number of nitrogens with zero attached hydrogens (tertiary/aromatic N) is 1. The first-order chi connectivity index (χ1) is 9.16. The molecule has 104 valence electrons. The average molecular weight is 261 g/mol. The Morgan fingerprint density at radius 3 is 2.79 bits per heavy atom. The number of benzene rings is 1. The summed E-state index contributed by atoms with van der Waals surface area (Å²) in [7, 11) is 0. The second-order valence-electron chi connectivity index (χ2n) is 5.57. The molecule has 0 aliphatic carbocycles. The van der Waals surface area contributed by atoms with Crippen molar-refractivity contribution in [3.05, 3.63) is 35.9 Å². The Balaban J connectivity index is 1.88. The van der Waals surface area contributed by atoms with Crippen LogP contribution >= 0.6 is 0 Å². The van der Waals surface area contributed by atoms with Crippen LogP contribution in [-0.2, 0) is 11.3 Å². The van der Waals surface area contributed by atoms with Crippen LogP contribution in [0.3, 0.4) is 0 Å². The van der Waals surface area contributed by atoms with Crippen LogP contribution in [0.25, 0.3) is 0 Å². The summed E-state index contributed by atoms with van der Waals surface area (Å²) >= 11 is 0. The molecule has 1 aliphatic heterocycles. The summed E-state index contributed by atoms with van der Waals surface area (Å²) < 4.78 is 5.42. The van der Waals surface area contributed by atoms with Gasteiger partial charge >= 0.3 is 6.09 Å². The highest BCUT2D eigenvalue weighted by Gasteiger charge is 2.25. The lowest BCUT2D eigenvalue weighted by Gasteiger charge is -2.26. The van der Waals surface area contributed by atoms with Crippen molar-refractivity contribution >= 4 is 6.09 Å². The minimum Gasteiger partial charge on any atom is -0.445 e. The van der Waals surface area contributed by atoms with Gasteiger partial charge in [-0.3, -0.25) is 0 Å². The molecular weight excluding hydrogens is 238 g/mol. The van der Waals surface area contributed by atoms with Crippen LogP contribution in [0.1, 0.15) is 38.7 Å². The molecule has 2 rings (SSSR count). The number of amides is 1. The van der Waals surface area contributed by atoms with Crippen LogP contribution in [0.5, 0.6) is 0 Å². The molecule has 3 nitrogen and oxygen atoms in total. The number of hydrogen-bond donors (Lipinski definition) is 0. The molecule has 0 spiro atoms. The molecule has 1 aliphatic rings. The van der Waals surface area contributed by atoms with Gasteiger partial charge in [0.2, 0.25) is 0 Å². The van der Waals surface area contributed by atoms with E-state index in [9.17, 15) is 4.79 Å². The van der Waals surface area contributed by atoms with E-state index in [1.165, 1.54) is 6.42 Å². The van der Waals surface area contributed by atoms with Crippen LogP contribution < -0.4 is 0 Å². The Kier molecular flexibility index (Phi) is 4.83. The third kappa shape index (κ3) is 3.98. The topological polar surface area (TPSA) is 29.5 Å². The molecule has 1 aromatic rings. The predicted molar refractivity (Wildman–Crippen MR) is 75.8 cm³/mol. The molecule has 1 amide bonds. The summed E-state index contributed by atoms with van der Waals surface area (Å²) in [6, 6.07) is 10.1. The summed E-state index contributed by atoms with van der Waals surface area (Å²) in [5, 5.41) is 0. The molecule has 19 heavy (non-hydrogen) atoms. The van der Waals surface area contributed by atoms with Gasteiger partial charge in [0, 0.05) is 12.6 Å². The Hall–Kier alpha value is -1.51. The van der Waals surface area contributed by atoms with E-state index in [4.69, 9.17) is 4.74 Å². The van der Waals surface area contributed by atoms with E-state index in [1.54, 1.807) is 0 Å². The molecular formula is C16H23NO2. The number of hydrogen-bond acceptors (Lipinski definition) is 2. The Morgan fingerprint density at radius 1 is 1.32 bits per heavy atom. The fraction of sp³-hybridized carbons (Fsp3) is 0.562. The first kappa shape index (κ1) is 13.9. The number of rotatable bonds is 2. The van der Waals surface area contributed by atoms with Gasteiger partial charge in [0.05, 0.1) is 0 Å². The van der Waals surface area contributed by atoms with Gasteiger partial charge in [-0.2, -0.15) is 0 Å². The van der Waals surface area contributed by atoms with Gasteiger partial charge in [0.25, 0.3) is 0 Å². The Morgan fingerprint density at radius 2 is 2.05 bits per heavy atom. The number of carbonyl (C=O) groups is 1. The van der Waals surface area contributed by atoms with Gasteiger partial charge in [-0.05, 0) is 37.7 Å². The van der Waals surface area contributed by atoms with Crippen molar-refractivity contribution in [1.29, 1.82) is 0 Å². The van der Waals surface area contributed by atoms with Gasteiger partial charge < -0.3 is 9.64 Å². The zero-order valence-electron chi connectivity index (χ0n) is 11.8. The quantitative estimate of drug-likeness (QED) is 0.809. The average Bonchev–Trinajstić information content (AvgIpc) is 2.58. The lowest BCUT2D eigenvalue weighted by Crippen LogP contribution is -2.38. The summed E-state index contributed by atoms with van der Waals surface area (Å²) in [6.45, 7) is 5.55. The molecule has 2 atom stereocenters. The maximum absolute atomic E-state index is 12.1. The lowest BCUT2D eigenvalue weighted by molar-refractivity contribution is 0.0834. The fourth-order valence-electron chi connectivity index (χ4n) is 2.73. The van der Waals surface area contributed by atoms with Crippen molar-refractivity contribution in [2.24, 2.45) is 5.92 Å². The molecule has 1 heterocycles. The first-order valence-electron chi connectivity index (χ1n) is 7.14. The van der Waals surface area contributed by atoms with E-state index in [1.807, 2.05) is 35.2 Å². The molecule has 1 aromatic carbocycles. The second-order valence-corrected chi connectivity index (χ2v) is 5.57. The number of ether oxygens (including phenoxy) is 1. The molecule has 3 heteroatoms. The molecule has 0 radical (unpaired) electrons. The van der Waals surface area contributed by atoms with Crippen molar-refractivity contribution in [3.8, 4) is 0 Å². The normalized spacial score (nSPS) is 23.8. The van der Waals surface area contributed by atoms with Gasteiger partial charge in [0.1, 0.15) is 6.61 Å². The molecule has 2 unspecified atom stereocenters. The summed E-state index contributed by atoms with van der Waals surface area (Å²) in [5.74, 6) is 0.696. The SMILES string of the molecule is CC1CCCN(C(=O)OCc2ccccc2)C(C)C1. The zero-order chi connectivity index (χ0) is 13.7. The molecule has 0 bridgehead atoms.